The highest BCUT2D eigenvalue weighted by Gasteiger charge is 2.25. The van der Waals surface area contributed by atoms with Crippen LogP contribution in [0.2, 0.25) is 0 Å². The van der Waals surface area contributed by atoms with Crippen molar-refractivity contribution in [3.63, 3.8) is 0 Å². The minimum Gasteiger partial charge on any atom is -0.497 e. The molecule has 0 radical (unpaired) electrons. The van der Waals surface area contributed by atoms with Gasteiger partial charge in [0.2, 0.25) is 0 Å². The van der Waals surface area contributed by atoms with E-state index < -0.39 is 0 Å². The zero-order chi connectivity index (χ0) is 88.8. The number of hydrogen-bond donors (Lipinski definition) is 1. The molecule has 5 aromatic carbocycles. The molecule has 676 valence electrons. The summed E-state index contributed by atoms with van der Waals surface area (Å²) in [5.74, 6) is 3.66. The standard InChI is InChI=1S/C18H14Br2N4O2S.C18H15BrN4O2S.C18H16N4O2S.C17H13BrN4O2S.C16H10BrN3O2S.5CH4/c1-23(2)15-11(20)7-21-17-13(15)14-16(27-17)18(25)24(8-22-14)9-4-5-12(26-3)10(19)6-9;1-22(2)15-12(19)8-20-17-13(15)14-16(26-17)18(24)23(9-21-14)10-4-6-11(25-3)7-5-10;1-21(2)13-8-9-19-17-14(13)15-16(25-17)18(23)22(10-20-15)11-4-6-12(24-3)7-5-11;1-19-13-11(18)7-20-16-12(13)14-15(25-16)17(23)22(8-21-14)9-3-5-10(24-2)6-4-9;1-22-10-4-2-9(3-5-10)20-8-19-13-12-11(17)6-7-18-15(12)23-14(13)16(20)21;;;;;/h4-8H,1-3H3;4-9H,1-3H3;4-10H,1-3H3;3-8H,1-2H3,(H,19,20);2-8H,1H3;5*1H4. The Morgan fingerprint density at radius 1 is 0.305 bits per heavy atom. The maximum atomic E-state index is 13.2. The van der Waals surface area contributed by atoms with Crippen LogP contribution in [0.5, 0.6) is 28.7 Å². The maximum absolute atomic E-state index is 13.2. The lowest BCUT2D eigenvalue weighted by molar-refractivity contribution is 0.412. The summed E-state index contributed by atoms with van der Waals surface area (Å²) in [5, 5.41) is 7.59. The van der Waals surface area contributed by atoms with Crippen molar-refractivity contribution in [1.82, 2.24) is 72.7 Å². The Labute approximate surface area is 813 Å². The molecule has 0 aliphatic carbocycles. The highest BCUT2D eigenvalue weighted by molar-refractivity contribution is 9.11. The number of rotatable bonds is 14. The van der Waals surface area contributed by atoms with E-state index in [2.05, 4.69) is 135 Å². The summed E-state index contributed by atoms with van der Waals surface area (Å²) in [5.41, 5.74) is 10.3. The second-order valence-electron chi connectivity index (χ2n) is 28.0. The number of benzene rings is 5. The minimum atomic E-state index is -0.124. The molecular formula is C92H88Br5N19O10S5. The van der Waals surface area contributed by atoms with Gasteiger partial charge in [0.15, 0.2) is 0 Å². The number of ether oxygens (including phenoxy) is 5. The quantitative estimate of drug-likeness (QED) is 0.106. The molecule has 0 fully saturated rings. The predicted octanol–water partition coefficient (Wildman–Crippen LogP) is 22.3. The van der Waals surface area contributed by atoms with Crippen LogP contribution in [0.15, 0.2) is 236 Å². The molecule has 1 N–H and O–H groups in total. The topological polar surface area (TPSA) is 307 Å². The summed E-state index contributed by atoms with van der Waals surface area (Å²) >= 11 is 24.4. The molecule has 0 aliphatic rings. The highest BCUT2D eigenvalue weighted by atomic mass is 79.9. The largest absolute Gasteiger partial charge is 0.497 e. The van der Waals surface area contributed by atoms with Crippen molar-refractivity contribution >= 4 is 261 Å². The molecule has 0 spiro atoms. The van der Waals surface area contributed by atoms with Crippen molar-refractivity contribution in [2.45, 2.75) is 37.1 Å². The number of nitrogens with zero attached hydrogens (tertiary/aromatic N) is 18. The third-order valence-corrected chi connectivity index (χ3v) is 28.4. The van der Waals surface area contributed by atoms with E-state index in [1.54, 1.807) is 107 Å². The van der Waals surface area contributed by atoms with Crippen molar-refractivity contribution in [1.29, 1.82) is 0 Å². The van der Waals surface area contributed by atoms with Crippen LogP contribution in [0, 0.1) is 0 Å². The van der Waals surface area contributed by atoms with Gasteiger partial charge in [-0.3, -0.25) is 46.8 Å². The zero-order valence-corrected chi connectivity index (χ0v) is 80.5. The number of thiophene rings is 5. The monoisotopic (exact) mass is 2170 g/mol. The molecule has 0 saturated carbocycles. The third-order valence-electron chi connectivity index (χ3n) is 20.0. The Morgan fingerprint density at radius 3 is 0.916 bits per heavy atom. The number of methoxy groups -OCH3 is 5. The van der Waals surface area contributed by atoms with E-state index in [1.807, 2.05) is 191 Å². The van der Waals surface area contributed by atoms with Crippen LogP contribution >= 0.6 is 136 Å². The smallest absolute Gasteiger partial charge is 0.275 e. The second-order valence-corrected chi connectivity index (χ2v) is 37.2. The fraction of sp³-hybridized carbons (Fsp3) is 0.185. The van der Waals surface area contributed by atoms with E-state index in [4.69, 9.17) is 23.7 Å². The van der Waals surface area contributed by atoms with Gasteiger partial charge in [0.05, 0.1) is 143 Å². The SMILES string of the molecule is C.C.C.C.C.CNc1c(Br)cnc2sc3c(=O)n(-c4ccc(OC)cc4)cnc3c12.COc1ccc(-n2cnc3c(sc4ncc(Br)c(N(C)C)c43)c2=O)cc1.COc1ccc(-n2cnc3c(sc4ncc(Br)c(N(C)C)c43)c2=O)cc1Br.COc1ccc(-n2cnc3c(sc4nccc(Br)c43)c2=O)cc1.COc1ccc(-n2cnc3c(sc4nccc(N(C)C)c43)c2=O)cc1. The van der Waals surface area contributed by atoms with Crippen molar-refractivity contribution in [2.24, 2.45) is 0 Å². The first-order chi connectivity index (χ1) is 60.8. The average molecular weight is 2180 g/mol. The molecule has 0 saturated heterocycles. The van der Waals surface area contributed by atoms with Gasteiger partial charge in [0.25, 0.3) is 27.8 Å². The lowest BCUT2D eigenvalue weighted by Gasteiger charge is -2.15. The van der Waals surface area contributed by atoms with Crippen molar-refractivity contribution in [3.8, 4) is 57.2 Å². The molecule has 15 heterocycles. The van der Waals surface area contributed by atoms with Crippen LogP contribution in [0.25, 0.3) is 131 Å². The molecule has 0 bridgehead atoms. The zero-order valence-electron chi connectivity index (χ0n) is 68.5. The van der Waals surface area contributed by atoms with E-state index >= 15 is 0 Å². The average Bonchev–Trinajstić information content (AvgIpc) is 1.61. The van der Waals surface area contributed by atoms with Gasteiger partial charge in [-0.2, -0.15) is 0 Å². The number of fused-ring (bicyclic) bond motifs is 15. The normalized spacial score (nSPS) is 10.8. The van der Waals surface area contributed by atoms with Crippen LogP contribution < -0.4 is 71.5 Å². The summed E-state index contributed by atoms with van der Waals surface area (Å²) in [6, 6.07) is 38.5. The number of pyridine rings is 5. The van der Waals surface area contributed by atoms with Crippen LogP contribution in [-0.2, 0) is 0 Å². The summed E-state index contributed by atoms with van der Waals surface area (Å²) < 4.78 is 40.8. The van der Waals surface area contributed by atoms with Gasteiger partial charge < -0.3 is 43.7 Å². The highest BCUT2D eigenvalue weighted by Crippen LogP contribution is 2.44. The molecule has 0 aliphatic heterocycles. The molecule has 0 atom stereocenters. The number of aromatic nitrogens is 15. The molecule has 20 aromatic rings. The Bertz CT molecular complexity index is 7960. The molecule has 131 heavy (non-hydrogen) atoms. The lowest BCUT2D eigenvalue weighted by atomic mass is 10.2. The third kappa shape index (κ3) is 19.0. The molecular weight excluding hydrogens is 2090 g/mol. The summed E-state index contributed by atoms with van der Waals surface area (Å²) in [7, 11) is 21.6. The molecule has 15 aromatic heterocycles. The van der Waals surface area contributed by atoms with Gasteiger partial charge in [0, 0.05) is 84.8 Å². The van der Waals surface area contributed by atoms with E-state index in [0.29, 0.717) is 62.5 Å². The van der Waals surface area contributed by atoms with Crippen molar-refractivity contribution in [3.05, 3.63) is 264 Å². The van der Waals surface area contributed by atoms with Gasteiger partial charge in [0.1, 0.15) is 125 Å². The van der Waals surface area contributed by atoms with Crippen LogP contribution in [0.3, 0.4) is 0 Å². The van der Waals surface area contributed by atoms with Crippen molar-refractivity contribution in [2.75, 3.05) is 105 Å². The fourth-order valence-electron chi connectivity index (χ4n) is 13.9. The number of anilines is 4. The fourth-order valence-corrected chi connectivity index (χ4v) is 22.1. The van der Waals surface area contributed by atoms with Crippen LogP contribution in [-0.4, -0.2) is 158 Å². The van der Waals surface area contributed by atoms with Crippen LogP contribution in [0.1, 0.15) is 37.1 Å². The first-order valence-electron chi connectivity index (χ1n) is 37.7. The molecule has 20 rings (SSSR count). The Balaban J connectivity index is 0.000000157. The lowest BCUT2D eigenvalue weighted by Crippen LogP contribution is -2.18. The number of nitrogens with one attached hydrogen (secondary N) is 1. The maximum Gasteiger partial charge on any atom is 0.275 e. The van der Waals surface area contributed by atoms with Gasteiger partial charge >= 0.3 is 0 Å². The molecule has 39 heteroatoms. The first kappa shape index (κ1) is 99.5. The molecule has 0 unspecified atom stereocenters. The van der Waals surface area contributed by atoms with Gasteiger partial charge in [-0.1, -0.05) is 37.1 Å². The van der Waals surface area contributed by atoms with E-state index in [1.165, 1.54) is 70.4 Å². The predicted molar refractivity (Wildman–Crippen MR) is 560 cm³/mol. The summed E-state index contributed by atoms with van der Waals surface area (Å²) in [4.78, 5) is 120. The Hall–Kier alpha value is -12.1. The van der Waals surface area contributed by atoms with Crippen molar-refractivity contribution < 1.29 is 23.7 Å². The Morgan fingerprint density at radius 2 is 0.595 bits per heavy atom. The van der Waals surface area contributed by atoms with Gasteiger partial charge in [-0.25, -0.2) is 49.8 Å². The molecule has 0 amide bonds. The summed E-state index contributed by atoms with van der Waals surface area (Å²) in [6.45, 7) is 0. The minimum absolute atomic E-state index is 0. The van der Waals surface area contributed by atoms with Crippen LogP contribution in [0.4, 0.5) is 22.7 Å². The number of halogens is 5. The van der Waals surface area contributed by atoms with Gasteiger partial charge in [-0.15, -0.1) is 56.7 Å². The summed E-state index contributed by atoms with van der Waals surface area (Å²) in [6.07, 6.45) is 16.5. The number of hydrogen-bond acceptors (Lipinski definition) is 29. The van der Waals surface area contributed by atoms with E-state index in [0.717, 1.165) is 142 Å². The van der Waals surface area contributed by atoms with E-state index in [9.17, 15) is 24.0 Å². The second kappa shape index (κ2) is 42.0. The van der Waals surface area contributed by atoms with E-state index in [-0.39, 0.29) is 64.9 Å². The van der Waals surface area contributed by atoms with Gasteiger partial charge in [-0.05, 0) is 207 Å². The molecule has 29 nitrogen and oxygen atoms in total. The first-order valence-corrected chi connectivity index (χ1v) is 45.7. The Kier molecular flexibility index (Phi) is 31.9.